The first kappa shape index (κ1) is 29.1. The number of fused-ring (bicyclic) bond motifs is 7. The number of hydrogen-bond acceptors (Lipinski definition) is 5. The quantitative estimate of drug-likeness (QED) is 0.0920. The molecule has 1 aliphatic rings. The van der Waals surface area contributed by atoms with Gasteiger partial charge >= 0.3 is 18.5 Å². The van der Waals surface area contributed by atoms with Gasteiger partial charge in [0.1, 0.15) is 5.75 Å². The molecular formula is C29H14F9NO3S. The number of pyridine rings is 1. The van der Waals surface area contributed by atoms with Gasteiger partial charge in [-0.05, 0) is 30.3 Å². The molecule has 0 aliphatic carbocycles. The second kappa shape index (κ2) is 9.23. The second-order valence-electron chi connectivity index (χ2n) is 9.69. The summed E-state index contributed by atoms with van der Waals surface area (Å²) in [5, 5.41) is 8.63. The van der Waals surface area contributed by atoms with Crippen LogP contribution in [0.25, 0.3) is 32.6 Å². The molecular weight excluding hydrogens is 613 g/mol. The van der Waals surface area contributed by atoms with E-state index in [2.05, 4.69) is 4.98 Å². The minimum absolute atomic E-state index is 0.0119. The Morgan fingerprint density at radius 1 is 0.860 bits per heavy atom. The van der Waals surface area contributed by atoms with Gasteiger partial charge in [0.05, 0.1) is 23.7 Å². The van der Waals surface area contributed by atoms with E-state index in [-0.39, 0.29) is 16.2 Å². The molecule has 222 valence electrons. The van der Waals surface area contributed by atoms with E-state index in [0.717, 1.165) is 24.3 Å². The molecule has 0 saturated carbocycles. The molecule has 1 aliphatic heterocycles. The summed E-state index contributed by atoms with van der Waals surface area (Å²) in [6, 6.07) is 10.2. The molecule has 0 amide bonds. The van der Waals surface area contributed by atoms with E-state index >= 15 is 0 Å². The molecule has 6 rings (SSSR count). The summed E-state index contributed by atoms with van der Waals surface area (Å²) in [6.07, 6.45) is -16.2. The Balaban J connectivity index is 1.86. The van der Waals surface area contributed by atoms with Gasteiger partial charge in [0, 0.05) is 48.0 Å². The van der Waals surface area contributed by atoms with Crippen molar-refractivity contribution in [1.82, 2.24) is 4.98 Å². The molecule has 1 atom stereocenters. The van der Waals surface area contributed by atoms with E-state index in [1.807, 2.05) is 0 Å². The normalized spacial score (nSPS) is 17.3. The van der Waals surface area contributed by atoms with Crippen LogP contribution in [-0.4, -0.2) is 35.3 Å². The van der Waals surface area contributed by atoms with Crippen molar-refractivity contribution in [3.8, 4) is 5.75 Å². The Hall–Kier alpha value is -4.04. The number of Topliss-reactive ketones (excluding diaryl/α,β-unsaturated/α-hetero) is 1. The Labute approximate surface area is 239 Å². The lowest BCUT2D eigenvalue weighted by molar-refractivity contribution is -0.250. The third kappa shape index (κ3) is 4.21. The van der Waals surface area contributed by atoms with Gasteiger partial charge in [0.25, 0.3) is 5.78 Å². The van der Waals surface area contributed by atoms with Crippen LogP contribution >= 0.6 is 11.8 Å². The highest BCUT2D eigenvalue weighted by Crippen LogP contribution is 2.57. The van der Waals surface area contributed by atoms with Crippen molar-refractivity contribution in [2.45, 2.75) is 33.9 Å². The number of carbonyl (C=O) groups is 1. The van der Waals surface area contributed by atoms with Crippen LogP contribution in [0.15, 0.2) is 70.5 Å². The largest absolute Gasteiger partial charge is 0.497 e. The van der Waals surface area contributed by atoms with Crippen molar-refractivity contribution >= 4 is 50.1 Å². The Bertz CT molecular complexity index is 2000. The van der Waals surface area contributed by atoms with Gasteiger partial charge in [0.2, 0.25) is 5.60 Å². The number of hydrogen-bond donors (Lipinski definition) is 1. The molecule has 0 radical (unpaired) electrons. The van der Waals surface area contributed by atoms with Crippen molar-refractivity contribution < 1.29 is 54.2 Å². The standard InChI is InChI=1S/C29H14F9NO3S/c1-42-12-6-9-19-14(10-12)22(27(30,31)32)16-11-15(25(40)28(33,34)35)21-13(23(16)39-19)7-8-18-24(21)43-20-5-3-2-4-17(20)26(18,41)29(36,37)38/h2-11,41H,1H3. The Morgan fingerprint density at radius 3 is 2.19 bits per heavy atom. The molecule has 0 saturated heterocycles. The number of halogens is 9. The number of benzene rings is 4. The summed E-state index contributed by atoms with van der Waals surface area (Å²) >= 11 is 0.553. The predicted octanol–water partition coefficient (Wildman–Crippen LogP) is 8.58. The smallest absolute Gasteiger partial charge is 0.454 e. The van der Waals surface area contributed by atoms with E-state index in [1.54, 1.807) is 0 Å². The number of ether oxygens (including phenoxy) is 1. The lowest BCUT2D eigenvalue weighted by Crippen LogP contribution is -2.45. The molecule has 0 fully saturated rings. The fourth-order valence-corrected chi connectivity index (χ4v) is 6.78. The Morgan fingerprint density at radius 2 is 1.56 bits per heavy atom. The molecule has 0 spiro atoms. The third-order valence-corrected chi connectivity index (χ3v) is 8.48. The zero-order valence-corrected chi connectivity index (χ0v) is 22.1. The average Bonchev–Trinajstić information content (AvgIpc) is 2.93. The van der Waals surface area contributed by atoms with E-state index in [9.17, 15) is 49.4 Å². The summed E-state index contributed by atoms with van der Waals surface area (Å²) in [5.74, 6) is -2.59. The van der Waals surface area contributed by atoms with Gasteiger partial charge in [-0.1, -0.05) is 42.1 Å². The van der Waals surface area contributed by atoms with Crippen LogP contribution < -0.4 is 4.74 Å². The van der Waals surface area contributed by atoms with Crippen LogP contribution in [0.4, 0.5) is 39.5 Å². The number of nitrogens with zero attached hydrogens (tertiary/aromatic N) is 1. The first-order valence-electron chi connectivity index (χ1n) is 12.1. The summed E-state index contributed by atoms with van der Waals surface area (Å²) in [6.45, 7) is 0. The molecule has 4 aromatic carbocycles. The van der Waals surface area contributed by atoms with E-state index in [4.69, 9.17) is 4.74 Å². The lowest BCUT2D eigenvalue weighted by atomic mass is 9.82. The van der Waals surface area contributed by atoms with E-state index in [1.165, 1.54) is 37.4 Å². The second-order valence-corrected chi connectivity index (χ2v) is 10.7. The summed E-state index contributed by atoms with van der Waals surface area (Å²) in [4.78, 5) is 16.3. The molecule has 1 N–H and O–H groups in total. The summed E-state index contributed by atoms with van der Waals surface area (Å²) in [5.41, 5.74) is -8.66. The molecule has 5 aromatic rings. The van der Waals surface area contributed by atoms with Gasteiger partial charge in [0.15, 0.2) is 0 Å². The molecule has 14 heteroatoms. The highest BCUT2D eigenvalue weighted by molar-refractivity contribution is 7.99. The number of rotatable bonds is 2. The number of alkyl halides is 9. The van der Waals surface area contributed by atoms with Crippen LogP contribution in [0.3, 0.4) is 0 Å². The summed E-state index contributed by atoms with van der Waals surface area (Å²) in [7, 11) is 1.19. The highest BCUT2D eigenvalue weighted by atomic mass is 32.2. The van der Waals surface area contributed by atoms with Crippen LogP contribution in [0.1, 0.15) is 27.0 Å². The van der Waals surface area contributed by atoms with Gasteiger partial charge in [-0.2, -0.15) is 39.5 Å². The maximum Gasteiger partial charge on any atom is 0.454 e. The summed E-state index contributed by atoms with van der Waals surface area (Å²) < 4.78 is 134. The van der Waals surface area contributed by atoms with Crippen LogP contribution in [0.2, 0.25) is 0 Å². The van der Waals surface area contributed by atoms with Crippen molar-refractivity contribution in [2.24, 2.45) is 0 Å². The van der Waals surface area contributed by atoms with E-state index in [0.29, 0.717) is 17.8 Å². The van der Waals surface area contributed by atoms with Crippen LogP contribution in [0, 0.1) is 0 Å². The molecule has 1 unspecified atom stereocenters. The van der Waals surface area contributed by atoms with Gasteiger partial charge in [-0.3, -0.25) is 4.79 Å². The van der Waals surface area contributed by atoms with Gasteiger partial charge in [-0.15, -0.1) is 0 Å². The molecule has 2 heterocycles. The van der Waals surface area contributed by atoms with Gasteiger partial charge in [-0.25, -0.2) is 4.98 Å². The molecule has 1 aromatic heterocycles. The lowest BCUT2D eigenvalue weighted by Gasteiger charge is -2.38. The number of aliphatic hydroxyl groups is 1. The number of methoxy groups -OCH3 is 1. The molecule has 4 nitrogen and oxygen atoms in total. The van der Waals surface area contributed by atoms with Crippen molar-refractivity contribution in [3.63, 3.8) is 0 Å². The number of carbonyl (C=O) groups excluding carboxylic acids is 1. The maximum atomic E-state index is 14.6. The average molecular weight is 627 g/mol. The third-order valence-electron chi connectivity index (χ3n) is 7.28. The Kier molecular flexibility index (Phi) is 6.23. The fraction of sp³-hybridized carbons (Fsp3) is 0.172. The number of aromatic nitrogens is 1. The minimum atomic E-state index is -5.62. The van der Waals surface area contributed by atoms with Gasteiger partial charge < -0.3 is 9.84 Å². The van der Waals surface area contributed by atoms with Crippen molar-refractivity contribution in [1.29, 1.82) is 0 Å². The monoisotopic (exact) mass is 627 g/mol. The molecule has 0 bridgehead atoms. The maximum absolute atomic E-state index is 14.6. The SMILES string of the molecule is COc1ccc2nc3c(cc(C(=O)C(F)(F)F)c4c5c(ccc43)C(O)(C(F)(F)F)c3ccccc3S5)c(C(F)(F)F)c2c1. The highest BCUT2D eigenvalue weighted by Gasteiger charge is 2.60. The fourth-order valence-electron chi connectivity index (χ4n) is 5.44. The zero-order chi connectivity index (χ0) is 31.3. The zero-order valence-electron chi connectivity index (χ0n) is 21.3. The number of ketones is 1. The van der Waals surface area contributed by atoms with Crippen molar-refractivity contribution in [2.75, 3.05) is 7.11 Å². The van der Waals surface area contributed by atoms with Crippen molar-refractivity contribution in [3.05, 3.63) is 82.9 Å². The topological polar surface area (TPSA) is 59.4 Å². The molecule has 43 heavy (non-hydrogen) atoms. The first-order chi connectivity index (χ1) is 20.0. The first-order valence-corrected chi connectivity index (χ1v) is 13.0. The predicted molar refractivity (Wildman–Crippen MR) is 138 cm³/mol. The van der Waals surface area contributed by atoms with Crippen LogP contribution in [-0.2, 0) is 11.8 Å². The van der Waals surface area contributed by atoms with Crippen LogP contribution in [0.5, 0.6) is 5.75 Å². The van der Waals surface area contributed by atoms with E-state index < -0.39 is 84.1 Å². The minimum Gasteiger partial charge on any atom is -0.497 e.